The minimum atomic E-state index is -0.194. The lowest BCUT2D eigenvalue weighted by molar-refractivity contribution is -0.152. The lowest BCUT2D eigenvalue weighted by Crippen LogP contribution is -2.13. The predicted molar refractivity (Wildman–Crippen MR) is 79.4 cm³/mol. The van der Waals surface area contributed by atoms with Gasteiger partial charge in [-0.2, -0.15) is 0 Å². The monoisotopic (exact) mass is 286 g/mol. The van der Waals surface area contributed by atoms with Gasteiger partial charge >= 0.3 is 11.9 Å². The average Bonchev–Trinajstić information content (AvgIpc) is 2.44. The van der Waals surface area contributed by atoms with Gasteiger partial charge in [-0.3, -0.25) is 9.59 Å². The van der Waals surface area contributed by atoms with E-state index >= 15 is 0 Å². The third-order valence-electron chi connectivity index (χ3n) is 3.08. The Hall–Kier alpha value is -1.06. The molecule has 0 aliphatic carbocycles. The number of hydrogen-bond donors (Lipinski definition) is 0. The molecule has 0 aliphatic heterocycles. The number of rotatable bonds is 13. The molecule has 0 aromatic heterocycles. The molecule has 4 heteroatoms. The van der Waals surface area contributed by atoms with Crippen molar-refractivity contribution in [2.24, 2.45) is 0 Å². The standard InChI is InChI=1S/C16H30O4/c1-3-5-7-9-11-15(17)19-13-14-20-16(18)12-10-8-6-4-2/h3-14H2,1-2H3. The average molecular weight is 286 g/mol. The van der Waals surface area contributed by atoms with Gasteiger partial charge in [0.25, 0.3) is 0 Å². The van der Waals surface area contributed by atoms with Gasteiger partial charge in [-0.15, -0.1) is 0 Å². The minimum absolute atomic E-state index is 0.174. The summed E-state index contributed by atoms with van der Waals surface area (Å²) in [5.74, 6) is -0.389. The van der Waals surface area contributed by atoms with E-state index in [0.29, 0.717) is 12.8 Å². The maximum absolute atomic E-state index is 11.3. The van der Waals surface area contributed by atoms with Crippen molar-refractivity contribution >= 4 is 11.9 Å². The summed E-state index contributed by atoms with van der Waals surface area (Å²) in [4.78, 5) is 22.7. The Balaban J connectivity index is 3.32. The molecule has 0 saturated carbocycles. The fraction of sp³-hybridized carbons (Fsp3) is 0.875. The molecular formula is C16H30O4. The van der Waals surface area contributed by atoms with Crippen LogP contribution < -0.4 is 0 Å². The van der Waals surface area contributed by atoms with Crippen molar-refractivity contribution in [3.8, 4) is 0 Å². The number of hydrogen-bond acceptors (Lipinski definition) is 4. The Bertz CT molecular complexity index is 225. The highest BCUT2D eigenvalue weighted by molar-refractivity contribution is 5.70. The van der Waals surface area contributed by atoms with Gasteiger partial charge < -0.3 is 9.47 Å². The Morgan fingerprint density at radius 2 is 1.05 bits per heavy atom. The molecule has 0 amide bonds. The van der Waals surface area contributed by atoms with E-state index in [1.807, 2.05) is 0 Å². The maximum Gasteiger partial charge on any atom is 0.305 e. The van der Waals surface area contributed by atoms with Crippen molar-refractivity contribution in [1.82, 2.24) is 0 Å². The van der Waals surface area contributed by atoms with E-state index in [-0.39, 0.29) is 25.2 Å². The van der Waals surface area contributed by atoms with Gasteiger partial charge in [-0.1, -0.05) is 52.4 Å². The molecule has 0 saturated heterocycles. The molecule has 0 aliphatic rings. The van der Waals surface area contributed by atoms with Crippen LogP contribution in [0.3, 0.4) is 0 Å². The van der Waals surface area contributed by atoms with Gasteiger partial charge in [0.2, 0.25) is 0 Å². The molecule has 0 heterocycles. The van der Waals surface area contributed by atoms with Crippen LogP contribution in [0.15, 0.2) is 0 Å². The molecule has 0 rings (SSSR count). The Labute approximate surface area is 123 Å². The number of esters is 2. The third kappa shape index (κ3) is 13.4. The van der Waals surface area contributed by atoms with Crippen molar-refractivity contribution in [3.05, 3.63) is 0 Å². The summed E-state index contributed by atoms with van der Waals surface area (Å²) in [6.07, 6.45) is 9.44. The predicted octanol–water partition coefficient (Wildman–Crippen LogP) is 4.01. The molecule has 0 N–H and O–H groups in total. The summed E-state index contributed by atoms with van der Waals surface area (Å²) in [7, 11) is 0. The van der Waals surface area contributed by atoms with Gasteiger partial charge in [0.05, 0.1) is 0 Å². The largest absolute Gasteiger partial charge is 0.462 e. The van der Waals surface area contributed by atoms with Gasteiger partial charge in [0.1, 0.15) is 13.2 Å². The van der Waals surface area contributed by atoms with Crippen LogP contribution in [0.5, 0.6) is 0 Å². The Morgan fingerprint density at radius 1 is 0.650 bits per heavy atom. The molecule has 118 valence electrons. The molecule has 20 heavy (non-hydrogen) atoms. The molecule has 0 bridgehead atoms. The summed E-state index contributed by atoms with van der Waals surface area (Å²) in [6, 6.07) is 0. The van der Waals surface area contributed by atoms with Gasteiger partial charge in [-0.05, 0) is 12.8 Å². The van der Waals surface area contributed by atoms with Crippen molar-refractivity contribution in [2.75, 3.05) is 13.2 Å². The molecular weight excluding hydrogens is 256 g/mol. The maximum atomic E-state index is 11.3. The van der Waals surface area contributed by atoms with Crippen molar-refractivity contribution < 1.29 is 19.1 Å². The molecule has 4 nitrogen and oxygen atoms in total. The van der Waals surface area contributed by atoms with Crippen LogP contribution in [0, 0.1) is 0 Å². The van der Waals surface area contributed by atoms with Crippen LogP contribution in [0.4, 0.5) is 0 Å². The summed E-state index contributed by atoms with van der Waals surface area (Å²) < 4.78 is 10.00. The molecule has 0 aromatic carbocycles. The summed E-state index contributed by atoms with van der Waals surface area (Å²) in [5, 5.41) is 0. The normalized spacial score (nSPS) is 10.3. The fourth-order valence-corrected chi connectivity index (χ4v) is 1.85. The van der Waals surface area contributed by atoms with Crippen molar-refractivity contribution in [2.45, 2.75) is 78.1 Å². The van der Waals surface area contributed by atoms with E-state index in [1.54, 1.807) is 0 Å². The number of ether oxygens (including phenoxy) is 2. The smallest absolute Gasteiger partial charge is 0.305 e. The van der Waals surface area contributed by atoms with Crippen LogP contribution >= 0.6 is 0 Å². The highest BCUT2D eigenvalue weighted by Gasteiger charge is 2.05. The van der Waals surface area contributed by atoms with Gasteiger partial charge in [0, 0.05) is 12.8 Å². The van der Waals surface area contributed by atoms with E-state index in [0.717, 1.165) is 51.4 Å². The lowest BCUT2D eigenvalue weighted by Gasteiger charge is -2.06. The molecule has 0 radical (unpaired) electrons. The molecule has 0 spiro atoms. The Morgan fingerprint density at radius 3 is 1.40 bits per heavy atom. The third-order valence-corrected chi connectivity index (χ3v) is 3.08. The number of carbonyl (C=O) groups is 2. The van der Waals surface area contributed by atoms with Crippen molar-refractivity contribution in [1.29, 1.82) is 0 Å². The topological polar surface area (TPSA) is 52.6 Å². The quantitative estimate of drug-likeness (QED) is 0.379. The molecule has 0 aromatic rings. The van der Waals surface area contributed by atoms with E-state index in [1.165, 1.54) is 0 Å². The van der Waals surface area contributed by atoms with E-state index < -0.39 is 0 Å². The second kappa shape index (κ2) is 14.4. The second-order valence-corrected chi connectivity index (χ2v) is 5.06. The van der Waals surface area contributed by atoms with Crippen LogP contribution in [0.2, 0.25) is 0 Å². The first-order valence-electron chi connectivity index (χ1n) is 8.02. The lowest BCUT2D eigenvalue weighted by atomic mass is 10.2. The summed E-state index contributed by atoms with van der Waals surface area (Å²) >= 11 is 0. The highest BCUT2D eigenvalue weighted by Crippen LogP contribution is 2.04. The van der Waals surface area contributed by atoms with Crippen molar-refractivity contribution in [3.63, 3.8) is 0 Å². The van der Waals surface area contributed by atoms with Crippen LogP contribution in [-0.2, 0) is 19.1 Å². The summed E-state index contributed by atoms with van der Waals surface area (Å²) in [6.45, 7) is 4.62. The molecule has 0 unspecified atom stereocenters. The number of unbranched alkanes of at least 4 members (excludes halogenated alkanes) is 6. The number of carbonyl (C=O) groups excluding carboxylic acids is 2. The zero-order chi connectivity index (χ0) is 15.1. The Kier molecular flexibility index (Phi) is 13.6. The van der Waals surface area contributed by atoms with E-state index in [2.05, 4.69) is 13.8 Å². The first-order chi connectivity index (χ1) is 9.70. The first kappa shape index (κ1) is 18.9. The summed E-state index contributed by atoms with van der Waals surface area (Å²) in [5.41, 5.74) is 0. The fourth-order valence-electron chi connectivity index (χ4n) is 1.85. The van der Waals surface area contributed by atoms with Gasteiger partial charge in [-0.25, -0.2) is 0 Å². The van der Waals surface area contributed by atoms with Crippen LogP contribution in [0.1, 0.15) is 78.1 Å². The van der Waals surface area contributed by atoms with Crippen LogP contribution in [-0.4, -0.2) is 25.2 Å². The zero-order valence-electron chi connectivity index (χ0n) is 13.1. The molecule has 0 atom stereocenters. The zero-order valence-corrected chi connectivity index (χ0v) is 13.1. The SMILES string of the molecule is CCCCCCC(=O)OCCOC(=O)CCCCCC. The van der Waals surface area contributed by atoms with Gasteiger partial charge in [0.15, 0.2) is 0 Å². The first-order valence-corrected chi connectivity index (χ1v) is 8.02. The minimum Gasteiger partial charge on any atom is -0.462 e. The highest BCUT2D eigenvalue weighted by atomic mass is 16.6. The second-order valence-electron chi connectivity index (χ2n) is 5.06. The van der Waals surface area contributed by atoms with E-state index in [9.17, 15) is 9.59 Å². The van der Waals surface area contributed by atoms with Crippen LogP contribution in [0.25, 0.3) is 0 Å². The van der Waals surface area contributed by atoms with E-state index in [4.69, 9.17) is 9.47 Å². The molecule has 0 fully saturated rings.